The first kappa shape index (κ1) is 18.7. The van der Waals surface area contributed by atoms with E-state index in [-0.39, 0.29) is 23.9 Å². The Labute approximate surface area is 162 Å². The molecule has 4 rings (SSSR count). The van der Waals surface area contributed by atoms with Gasteiger partial charge in [-0.3, -0.25) is 0 Å². The minimum atomic E-state index is -3.29. The third-order valence-corrected chi connectivity index (χ3v) is 7.64. The number of urea groups is 1. The number of amides is 2. The fourth-order valence-corrected chi connectivity index (χ4v) is 6.24. The van der Waals surface area contributed by atoms with E-state index in [9.17, 15) is 13.2 Å². The molecular formula is C20H29N3O3S. The number of benzene rings is 1. The second kappa shape index (κ2) is 7.43. The summed E-state index contributed by atoms with van der Waals surface area (Å²) in [6, 6.07) is 9.97. The van der Waals surface area contributed by atoms with Crippen LogP contribution < -0.4 is 5.32 Å². The Bertz CT molecular complexity index is 777. The highest BCUT2D eigenvalue weighted by Gasteiger charge is 2.51. The fourth-order valence-electron chi connectivity index (χ4n) is 5.09. The van der Waals surface area contributed by atoms with E-state index in [4.69, 9.17) is 0 Å². The van der Waals surface area contributed by atoms with Gasteiger partial charge in [0.2, 0.25) is 10.0 Å². The molecule has 7 heteroatoms. The number of fused-ring (bicyclic) bond motifs is 1. The van der Waals surface area contributed by atoms with Crippen LogP contribution >= 0.6 is 0 Å². The van der Waals surface area contributed by atoms with E-state index in [1.807, 2.05) is 35.2 Å². The van der Waals surface area contributed by atoms with Crippen molar-refractivity contribution in [2.75, 3.05) is 25.9 Å². The predicted octanol–water partition coefficient (Wildman–Crippen LogP) is 2.59. The molecule has 0 spiro atoms. The molecule has 6 nitrogen and oxygen atoms in total. The van der Waals surface area contributed by atoms with E-state index in [2.05, 4.69) is 5.32 Å². The second-order valence-corrected chi connectivity index (χ2v) is 10.2. The number of sulfonamides is 1. The standard InChI is InChI=1S/C20H29N3O3S/c1-27(25,26)23-13-16-12-22(20(24)21-17-10-6-3-7-11-17)14-18(16)19(23)15-8-4-2-5-9-15/h2,4-5,8-9,16-19H,3,6-7,10-14H2,1H3,(H,21,24)/t16-,18-,19+/m1/s1. The van der Waals surface area contributed by atoms with Crippen molar-refractivity contribution in [3.8, 4) is 0 Å². The number of likely N-dealkylation sites (tertiary alicyclic amines) is 1. The number of nitrogens with one attached hydrogen (secondary N) is 1. The molecule has 0 unspecified atom stereocenters. The van der Waals surface area contributed by atoms with Gasteiger partial charge >= 0.3 is 6.03 Å². The second-order valence-electron chi connectivity index (χ2n) is 8.30. The normalized spacial score (nSPS) is 29.7. The van der Waals surface area contributed by atoms with E-state index in [1.54, 1.807) is 4.31 Å². The lowest BCUT2D eigenvalue weighted by molar-refractivity contribution is 0.193. The van der Waals surface area contributed by atoms with Gasteiger partial charge in [0.1, 0.15) is 0 Å². The lowest BCUT2D eigenvalue weighted by atomic mass is 9.90. The predicted molar refractivity (Wildman–Crippen MR) is 105 cm³/mol. The Hall–Kier alpha value is -1.60. The van der Waals surface area contributed by atoms with Crippen molar-refractivity contribution >= 4 is 16.1 Å². The van der Waals surface area contributed by atoms with Gasteiger partial charge in [0.05, 0.1) is 12.3 Å². The van der Waals surface area contributed by atoms with Crippen molar-refractivity contribution in [3.05, 3.63) is 35.9 Å². The summed E-state index contributed by atoms with van der Waals surface area (Å²) < 4.78 is 26.4. The molecule has 3 aliphatic rings. The molecule has 0 radical (unpaired) electrons. The molecule has 1 aromatic rings. The summed E-state index contributed by atoms with van der Waals surface area (Å²) >= 11 is 0. The van der Waals surface area contributed by atoms with E-state index < -0.39 is 10.0 Å². The minimum Gasteiger partial charge on any atom is -0.335 e. The fraction of sp³-hybridized carbons (Fsp3) is 0.650. The number of carbonyl (C=O) groups excluding carboxylic acids is 1. The van der Waals surface area contributed by atoms with Gasteiger partial charge in [-0.1, -0.05) is 49.6 Å². The van der Waals surface area contributed by atoms with Crippen LogP contribution in [0.4, 0.5) is 4.79 Å². The first-order chi connectivity index (χ1) is 12.9. The quantitative estimate of drug-likeness (QED) is 0.861. The van der Waals surface area contributed by atoms with Crippen molar-refractivity contribution in [3.63, 3.8) is 0 Å². The van der Waals surface area contributed by atoms with Gasteiger partial charge in [0.25, 0.3) is 0 Å². The van der Waals surface area contributed by atoms with E-state index in [1.165, 1.54) is 25.5 Å². The SMILES string of the molecule is CS(=O)(=O)N1C[C@H]2CN(C(=O)NC3CCCCC3)C[C@H]2[C@@H]1c1ccccc1. The summed E-state index contributed by atoms with van der Waals surface area (Å²) in [4.78, 5) is 14.7. The van der Waals surface area contributed by atoms with Crippen molar-refractivity contribution in [1.82, 2.24) is 14.5 Å². The zero-order valence-corrected chi connectivity index (χ0v) is 16.7. The maximum Gasteiger partial charge on any atom is 0.317 e. The average molecular weight is 392 g/mol. The molecule has 1 aliphatic carbocycles. The molecule has 1 N–H and O–H groups in total. The Kier molecular flexibility index (Phi) is 5.16. The third kappa shape index (κ3) is 3.85. The summed E-state index contributed by atoms with van der Waals surface area (Å²) in [7, 11) is -3.29. The Morgan fingerprint density at radius 3 is 2.41 bits per heavy atom. The molecule has 3 fully saturated rings. The summed E-state index contributed by atoms with van der Waals surface area (Å²) in [5.41, 5.74) is 1.02. The molecule has 0 aromatic heterocycles. The molecule has 148 valence electrons. The molecule has 0 bridgehead atoms. The van der Waals surface area contributed by atoms with Gasteiger partial charge in [-0.05, 0) is 24.3 Å². The van der Waals surface area contributed by atoms with Crippen molar-refractivity contribution in [1.29, 1.82) is 0 Å². The maximum atomic E-state index is 12.7. The summed E-state index contributed by atoms with van der Waals surface area (Å²) in [6.45, 7) is 1.75. The first-order valence-electron chi connectivity index (χ1n) is 10.0. The van der Waals surface area contributed by atoms with Crippen molar-refractivity contribution in [2.24, 2.45) is 11.8 Å². The van der Waals surface area contributed by atoms with Crippen LogP contribution in [-0.2, 0) is 10.0 Å². The summed E-state index contributed by atoms with van der Waals surface area (Å²) in [6.07, 6.45) is 7.07. The first-order valence-corrected chi connectivity index (χ1v) is 11.9. The monoisotopic (exact) mass is 391 g/mol. The van der Waals surface area contributed by atoms with Gasteiger partial charge in [0.15, 0.2) is 0 Å². The van der Waals surface area contributed by atoms with Crippen LogP contribution in [0.3, 0.4) is 0 Å². The maximum absolute atomic E-state index is 12.7. The van der Waals surface area contributed by atoms with Crippen molar-refractivity contribution in [2.45, 2.75) is 44.2 Å². The highest BCUT2D eigenvalue weighted by Crippen LogP contribution is 2.46. The number of nitrogens with zero attached hydrogens (tertiary/aromatic N) is 2. The van der Waals surface area contributed by atoms with Crippen LogP contribution in [0.15, 0.2) is 30.3 Å². The molecule has 3 atom stereocenters. The molecule has 2 amide bonds. The van der Waals surface area contributed by atoms with Gasteiger partial charge in [0, 0.05) is 31.6 Å². The average Bonchev–Trinajstić information content (AvgIpc) is 3.21. The molecular weight excluding hydrogens is 362 g/mol. The number of hydrogen-bond donors (Lipinski definition) is 1. The van der Waals surface area contributed by atoms with Crippen LogP contribution in [-0.4, -0.2) is 55.6 Å². The Morgan fingerprint density at radius 2 is 1.74 bits per heavy atom. The third-order valence-electron chi connectivity index (χ3n) is 6.41. The zero-order valence-electron chi connectivity index (χ0n) is 15.9. The lowest BCUT2D eigenvalue weighted by Gasteiger charge is -2.29. The van der Waals surface area contributed by atoms with Gasteiger partial charge < -0.3 is 10.2 Å². The summed E-state index contributed by atoms with van der Waals surface area (Å²) in [5.74, 6) is 0.348. The molecule has 27 heavy (non-hydrogen) atoms. The van der Waals surface area contributed by atoms with Crippen LogP contribution in [0.5, 0.6) is 0 Å². The van der Waals surface area contributed by atoms with E-state index in [0.717, 1.165) is 18.4 Å². The molecule has 1 saturated carbocycles. The van der Waals surface area contributed by atoms with Gasteiger partial charge in [-0.15, -0.1) is 0 Å². The smallest absolute Gasteiger partial charge is 0.317 e. The highest BCUT2D eigenvalue weighted by atomic mass is 32.2. The van der Waals surface area contributed by atoms with Crippen molar-refractivity contribution < 1.29 is 13.2 Å². The van der Waals surface area contributed by atoms with E-state index in [0.29, 0.717) is 25.7 Å². The topological polar surface area (TPSA) is 69.7 Å². The molecule has 2 aliphatic heterocycles. The molecule has 2 saturated heterocycles. The largest absolute Gasteiger partial charge is 0.335 e. The van der Waals surface area contributed by atoms with Crippen LogP contribution in [0, 0.1) is 11.8 Å². The molecule has 2 heterocycles. The molecule has 1 aromatic carbocycles. The van der Waals surface area contributed by atoms with Gasteiger partial charge in [-0.25, -0.2) is 13.2 Å². The number of rotatable bonds is 3. The minimum absolute atomic E-state index is 0.0222. The van der Waals surface area contributed by atoms with Crippen LogP contribution in [0.1, 0.15) is 43.7 Å². The Balaban J connectivity index is 1.49. The number of carbonyl (C=O) groups is 1. The van der Waals surface area contributed by atoms with Crippen LogP contribution in [0.25, 0.3) is 0 Å². The van der Waals surface area contributed by atoms with E-state index >= 15 is 0 Å². The summed E-state index contributed by atoms with van der Waals surface area (Å²) in [5, 5.41) is 3.20. The van der Waals surface area contributed by atoms with Gasteiger partial charge in [-0.2, -0.15) is 4.31 Å². The van der Waals surface area contributed by atoms with Crippen LogP contribution in [0.2, 0.25) is 0 Å². The zero-order chi connectivity index (χ0) is 19.0. The lowest BCUT2D eigenvalue weighted by Crippen LogP contribution is -2.46. The highest BCUT2D eigenvalue weighted by molar-refractivity contribution is 7.88. The Morgan fingerprint density at radius 1 is 1.04 bits per heavy atom. The number of hydrogen-bond acceptors (Lipinski definition) is 3.